The molecule has 0 spiro atoms. The summed E-state index contributed by atoms with van der Waals surface area (Å²) in [4.78, 5) is 8.12. The summed E-state index contributed by atoms with van der Waals surface area (Å²) in [5.74, 6) is -0.164. The van der Waals surface area contributed by atoms with Gasteiger partial charge in [-0.25, -0.2) is 14.4 Å². The first-order chi connectivity index (χ1) is 12.6. The number of nitrogens with one attached hydrogen (secondary N) is 1. The van der Waals surface area contributed by atoms with Crippen LogP contribution in [0.2, 0.25) is 0 Å². The molecule has 8 heteroatoms. The molecule has 0 atom stereocenters. The van der Waals surface area contributed by atoms with Gasteiger partial charge < -0.3 is 15.2 Å². The number of ether oxygens (including phenoxy) is 1. The molecule has 2 heterocycles. The van der Waals surface area contributed by atoms with E-state index in [1.165, 1.54) is 25.4 Å². The van der Waals surface area contributed by atoms with Gasteiger partial charge in [-0.3, -0.25) is 0 Å². The Bertz CT molecular complexity index is 945. The smallest absolute Gasteiger partial charge is 0.250 e. The lowest BCUT2D eigenvalue weighted by atomic mass is 10.0. The van der Waals surface area contributed by atoms with Crippen molar-refractivity contribution in [2.75, 3.05) is 12.4 Å². The zero-order valence-corrected chi connectivity index (χ0v) is 14.0. The van der Waals surface area contributed by atoms with Gasteiger partial charge in [0.1, 0.15) is 11.4 Å². The number of rotatable bonds is 5. The van der Waals surface area contributed by atoms with Crippen LogP contribution in [0, 0.1) is 5.82 Å². The second-order valence-corrected chi connectivity index (χ2v) is 6.03. The van der Waals surface area contributed by atoms with Gasteiger partial charge in [-0.1, -0.05) is 6.07 Å². The first-order valence-corrected chi connectivity index (χ1v) is 8.13. The van der Waals surface area contributed by atoms with E-state index in [4.69, 9.17) is 4.74 Å². The topological polar surface area (TPSA) is 93.1 Å². The highest BCUT2D eigenvalue weighted by atomic mass is 19.1. The molecule has 0 radical (unpaired) electrons. The van der Waals surface area contributed by atoms with Crippen molar-refractivity contribution in [1.29, 1.82) is 0 Å². The van der Waals surface area contributed by atoms with Crippen LogP contribution in [0.15, 0.2) is 36.7 Å². The standard InChI is InChI=1S/C18H16FN5O2/c1-26-17-14(19)6-11(8-20-17)10-2-5-13(16(25)7-10)15-9-21-18(24-23-15)22-12-3-4-12/h2,5-9,12,25H,3-4H2,1H3,(H,21,22,24). The van der Waals surface area contributed by atoms with Crippen LogP contribution in [0.3, 0.4) is 0 Å². The first-order valence-electron chi connectivity index (χ1n) is 8.13. The normalized spacial score (nSPS) is 13.5. The van der Waals surface area contributed by atoms with Gasteiger partial charge in [0.2, 0.25) is 11.8 Å². The molecule has 1 fully saturated rings. The van der Waals surface area contributed by atoms with Crippen LogP contribution < -0.4 is 10.1 Å². The summed E-state index contributed by atoms with van der Waals surface area (Å²) < 4.78 is 18.6. The minimum atomic E-state index is -0.567. The van der Waals surface area contributed by atoms with Crippen molar-refractivity contribution in [1.82, 2.24) is 20.2 Å². The van der Waals surface area contributed by atoms with Crippen molar-refractivity contribution in [3.8, 4) is 34.0 Å². The molecule has 0 bridgehead atoms. The molecule has 2 aromatic heterocycles. The summed E-state index contributed by atoms with van der Waals surface area (Å²) in [7, 11) is 1.35. The van der Waals surface area contributed by atoms with Gasteiger partial charge in [-0.05, 0) is 36.6 Å². The summed E-state index contributed by atoms with van der Waals surface area (Å²) in [6.45, 7) is 0. The van der Waals surface area contributed by atoms with E-state index in [1.807, 2.05) is 0 Å². The number of halogens is 1. The van der Waals surface area contributed by atoms with Gasteiger partial charge >= 0.3 is 0 Å². The number of anilines is 1. The van der Waals surface area contributed by atoms with Crippen molar-refractivity contribution >= 4 is 5.95 Å². The Hall–Kier alpha value is -3.29. The van der Waals surface area contributed by atoms with E-state index >= 15 is 0 Å². The summed E-state index contributed by atoms with van der Waals surface area (Å²) in [6, 6.07) is 6.70. The summed E-state index contributed by atoms with van der Waals surface area (Å²) in [6.07, 6.45) is 5.28. The maximum Gasteiger partial charge on any atom is 0.250 e. The number of aromatic nitrogens is 4. The summed E-state index contributed by atoms with van der Waals surface area (Å²) in [5.41, 5.74) is 2.09. The van der Waals surface area contributed by atoms with Gasteiger partial charge in [0.05, 0.1) is 13.3 Å². The van der Waals surface area contributed by atoms with E-state index in [0.717, 1.165) is 12.8 Å². The van der Waals surface area contributed by atoms with E-state index in [-0.39, 0.29) is 11.6 Å². The molecule has 4 rings (SSSR count). The Balaban J connectivity index is 1.60. The average molecular weight is 353 g/mol. The fraction of sp³-hybridized carbons (Fsp3) is 0.222. The number of pyridine rings is 1. The quantitative estimate of drug-likeness (QED) is 0.728. The molecule has 3 aromatic rings. The number of phenols is 1. The molecule has 1 aliphatic carbocycles. The minimum absolute atomic E-state index is 0.00210. The molecular formula is C18H16FN5O2. The van der Waals surface area contributed by atoms with Crippen LogP contribution in [0.25, 0.3) is 22.4 Å². The molecule has 0 saturated heterocycles. The second-order valence-electron chi connectivity index (χ2n) is 6.03. The Labute approximate surface area is 148 Å². The largest absolute Gasteiger partial charge is 0.507 e. The monoisotopic (exact) mass is 353 g/mol. The van der Waals surface area contributed by atoms with E-state index in [1.54, 1.807) is 18.3 Å². The van der Waals surface area contributed by atoms with Gasteiger partial charge in [-0.15, -0.1) is 10.2 Å². The fourth-order valence-electron chi connectivity index (χ4n) is 2.54. The third kappa shape index (κ3) is 3.26. The number of phenolic OH excluding ortho intramolecular Hbond substituents is 1. The van der Waals surface area contributed by atoms with Crippen molar-refractivity contribution < 1.29 is 14.2 Å². The molecular weight excluding hydrogens is 337 g/mol. The molecule has 7 nitrogen and oxygen atoms in total. The van der Waals surface area contributed by atoms with Crippen LogP contribution >= 0.6 is 0 Å². The lowest BCUT2D eigenvalue weighted by molar-refractivity contribution is 0.369. The Morgan fingerprint density at radius 1 is 1.12 bits per heavy atom. The predicted molar refractivity (Wildman–Crippen MR) is 93.3 cm³/mol. The summed E-state index contributed by atoms with van der Waals surface area (Å²) >= 11 is 0. The third-order valence-corrected chi connectivity index (χ3v) is 4.08. The van der Waals surface area contributed by atoms with Gasteiger partial charge in [0.15, 0.2) is 5.82 Å². The first kappa shape index (κ1) is 16.2. The van der Waals surface area contributed by atoms with Gasteiger partial charge in [0, 0.05) is 23.4 Å². The highest BCUT2D eigenvalue weighted by Gasteiger charge is 2.22. The molecule has 2 N–H and O–H groups in total. The van der Waals surface area contributed by atoms with Gasteiger partial charge in [-0.2, -0.15) is 0 Å². The highest BCUT2D eigenvalue weighted by molar-refractivity contribution is 5.73. The maximum atomic E-state index is 13.8. The van der Waals surface area contributed by atoms with E-state index in [0.29, 0.717) is 34.4 Å². The van der Waals surface area contributed by atoms with Gasteiger partial charge in [0.25, 0.3) is 0 Å². The van der Waals surface area contributed by atoms with Crippen LogP contribution in [0.4, 0.5) is 10.3 Å². The Kier molecular flexibility index (Phi) is 4.08. The third-order valence-electron chi connectivity index (χ3n) is 4.08. The number of benzene rings is 1. The molecule has 0 amide bonds. The predicted octanol–water partition coefficient (Wildman–Crippen LogP) is 3.03. The number of hydrogen-bond acceptors (Lipinski definition) is 7. The molecule has 1 saturated carbocycles. The molecule has 26 heavy (non-hydrogen) atoms. The highest BCUT2D eigenvalue weighted by Crippen LogP contribution is 2.33. The number of nitrogens with zero attached hydrogens (tertiary/aromatic N) is 4. The lowest BCUT2D eigenvalue weighted by Crippen LogP contribution is -2.06. The van der Waals surface area contributed by atoms with Crippen LogP contribution in [-0.4, -0.2) is 38.4 Å². The minimum Gasteiger partial charge on any atom is -0.507 e. The Morgan fingerprint density at radius 2 is 1.96 bits per heavy atom. The zero-order chi connectivity index (χ0) is 18.1. The van der Waals surface area contributed by atoms with Crippen LogP contribution in [0.5, 0.6) is 11.6 Å². The second kappa shape index (κ2) is 6.55. The van der Waals surface area contributed by atoms with Crippen molar-refractivity contribution in [2.45, 2.75) is 18.9 Å². The SMILES string of the molecule is COc1ncc(-c2ccc(-c3cnc(NC4CC4)nn3)c(O)c2)cc1F. The van der Waals surface area contributed by atoms with Crippen LogP contribution in [-0.2, 0) is 0 Å². The van der Waals surface area contributed by atoms with E-state index in [2.05, 4.69) is 25.5 Å². The lowest BCUT2D eigenvalue weighted by Gasteiger charge is -2.08. The Morgan fingerprint density at radius 3 is 2.58 bits per heavy atom. The van der Waals surface area contributed by atoms with Crippen molar-refractivity contribution in [3.05, 3.63) is 42.5 Å². The number of methoxy groups -OCH3 is 1. The van der Waals surface area contributed by atoms with E-state index < -0.39 is 5.82 Å². The molecule has 132 valence electrons. The summed E-state index contributed by atoms with van der Waals surface area (Å²) in [5, 5.41) is 21.6. The number of aromatic hydroxyl groups is 1. The van der Waals surface area contributed by atoms with E-state index in [9.17, 15) is 9.50 Å². The number of hydrogen-bond donors (Lipinski definition) is 2. The molecule has 0 aliphatic heterocycles. The zero-order valence-electron chi connectivity index (χ0n) is 14.0. The molecule has 1 aliphatic rings. The van der Waals surface area contributed by atoms with Crippen molar-refractivity contribution in [2.24, 2.45) is 0 Å². The maximum absolute atomic E-state index is 13.8. The van der Waals surface area contributed by atoms with Crippen molar-refractivity contribution in [3.63, 3.8) is 0 Å². The van der Waals surface area contributed by atoms with Crippen LogP contribution in [0.1, 0.15) is 12.8 Å². The average Bonchev–Trinajstić information content (AvgIpc) is 3.46. The molecule has 1 aromatic carbocycles. The fourth-order valence-corrected chi connectivity index (χ4v) is 2.54. The molecule has 0 unspecified atom stereocenters.